The van der Waals surface area contributed by atoms with Gasteiger partial charge in [-0.25, -0.2) is 10.9 Å². The summed E-state index contributed by atoms with van der Waals surface area (Å²) in [5.41, 5.74) is 8.52. The van der Waals surface area contributed by atoms with Crippen LogP contribution in [-0.4, -0.2) is 24.1 Å². The molecule has 0 spiro atoms. The Morgan fingerprint density at radius 2 is 2.22 bits per heavy atom. The zero-order chi connectivity index (χ0) is 12.8. The quantitative estimate of drug-likeness (QED) is 0.513. The van der Waals surface area contributed by atoms with Gasteiger partial charge < -0.3 is 0 Å². The molecule has 2 amide bonds. The van der Waals surface area contributed by atoms with E-state index in [1.54, 1.807) is 6.21 Å². The van der Waals surface area contributed by atoms with Crippen LogP contribution in [0.1, 0.15) is 18.4 Å². The summed E-state index contributed by atoms with van der Waals surface area (Å²) in [6.07, 6.45) is 2.10. The fraction of sp³-hybridized carbons (Fsp3) is 0.250. The van der Waals surface area contributed by atoms with Crippen LogP contribution in [0.5, 0.6) is 0 Å². The second-order valence-electron chi connectivity index (χ2n) is 4.00. The Labute approximate surface area is 104 Å². The zero-order valence-corrected chi connectivity index (χ0v) is 9.72. The molecule has 1 unspecified atom stereocenters. The van der Waals surface area contributed by atoms with Crippen LogP contribution >= 0.6 is 0 Å². The average molecular weight is 246 g/mol. The lowest BCUT2D eigenvalue weighted by Gasteiger charge is -2.05. The van der Waals surface area contributed by atoms with Crippen molar-refractivity contribution >= 4 is 18.0 Å². The number of nitrogens with zero attached hydrogens (tertiary/aromatic N) is 1. The molecule has 0 saturated carbocycles. The zero-order valence-electron chi connectivity index (χ0n) is 9.72. The SMILES string of the molecule is O=C(CC1CC(=O)NN1)N/N=C/c1ccccc1. The summed E-state index contributed by atoms with van der Waals surface area (Å²) < 4.78 is 0. The molecule has 1 aromatic carbocycles. The molecule has 18 heavy (non-hydrogen) atoms. The van der Waals surface area contributed by atoms with Crippen molar-refractivity contribution in [3.05, 3.63) is 35.9 Å². The van der Waals surface area contributed by atoms with Crippen molar-refractivity contribution in [1.82, 2.24) is 16.3 Å². The number of carbonyl (C=O) groups excluding carboxylic acids is 2. The molecular formula is C12H14N4O2. The molecule has 1 aromatic rings. The number of carbonyl (C=O) groups is 2. The minimum absolute atomic E-state index is 0.0967. The third kappa shape index (κ3) is 3.67. The van der Waals surface area contributed by atoms with Crippen LogP contribution in [0.4, 0.5) is 0 Å². The maximum Gasteiger partial charge on any atom is 0.241 e. The van der Waals surface area contributed by atoms with Crippen molar-refractivity contribution in [2.24, 2.45) is 5.10 Å². The van der Waals surface area contributed by atoms with E-state index >= 15 is 0 Å². The summed E-state index contributed by atoms with van der Waals surface area (Å²) in [6.45, 7) is 0. The second kappa shape index (κ2) is 5.92. The van der Waals surface area contributed by atoms with Crippen molar-refractivity contribution < 1.29 is 9.59 Å². The third-order valence-corrected chi connectivity index (χ3v) is 2.48. The fourth-order valence-electron chi connectivity index (χ4n) is 1.62. The monoisotopic (exact) mass is 246 g/mol. The van der Waals surface area contributed by atoms with E-state index in [1.165, 1.54) is 0 Å². The van der Waals surface area contributed by atoms with Gasteiger partial charge in [-0.1, -0.05) is 30.3 Å². The molecule has 0 radical (unpaired) electrons. The summed E-state index contributed by atoms with van der Waals surface area (Å²) in [4.78, 5) is 22.4. The molecule has 6 nitrogen and oxygen atoms in total. The summed E-state index contributed by atoms with van der Waals surface area (Å²) in [5, 5.41) is 3.84. The van der Waals surface area contributed by atoms with E-state index in [0.717, 1.165) is 5.56 Å². The van der Waals surface area contributed by atoms with Crippen LogP contribution in [0.25, 0.3) is 0 Å². The predicted octanol–water partition coefficient (Wildman–Crippen LogP) is -0.0801. The lowest BCUT2D eigenvalue weighted by molar-refractivity contribution is -0.121. The van der Waals surface area contributed by atoms with Crippen LogP contribution in [0.3, 0.4) is 0 Å². The van der Waals surface area contributed by atoms with Gasteiger partial charge in [0.15, 0.2) is 0 Å². The van der Waals surface area contributed by atoms with E-state index in [-0.39, 0.29) is 24.3 Å². The third-order valence-electron chi connectivity index (χ3n) is 2.48. The van der Waals surface area contributed by atoms with E-state index < -0.39 is 0 Å². The van der Waals surface area contributed by atoms with E-state index in [1.807, 2.05) is 30.3 Å². The van der Waals surface area contributed by atoms with Crippen molar-refractivity contribution in [2.75, 3.05) is 0 Å². The van der Waals surface area contributed by atoms with Gasteiger partial charge in [-0.3, -0.25) is 15.0 Å². The molecular weight excluding hydrogens is 232 g/mol. The lowest BCUT2D eigenvalue weighted by Crippen LogP contribution is -2.34. The average Bonchev–Trinajstić information content (AvgIpc) is 2.76. The van der Waals surface area contributed by atoms with Gasteiger partial charge in [-0.15, -0.1) is 0 Å². The molecule has 0 aliphatic carbocycles. The Morgan fingerprint density at radius 1 is 1.44 bits per heavy atom. The lowest BCUT2D eigenvalue weighted by atomic mass is 10.1. The highest BCUT2D eigenvalue weighted by Gasteiger charge is 2.22. The van der Waals surface area contributed by atoms with Crippen molar-refractivity contribution in [3.63, 3.8) is 0 Å². The van der Waals surface area contributed by atoms with Gasteiger partial charge in [0.1, 0.15) is 0 Å². The van der Waals surface area contributed by atoms with Crippen molar-refractivity contribution in [2.45, 2.75) is 18.9 Å². The van der Waals surface area contributed by atoms with Gasteiger partial charge in [0.25, 0.3) is 0 Å². The standard InChI is InChI=1S/C12H14N4O2/c17-11(6-10-7-12(18)16-14-10)15-13-8-9-4-2-1-3-5-9/h1-5,8,10,14H,6-7H2,(H,15,17)(H,16,18)/b13-8+. The summed E-state index contributed by atoms with van der Waals surface area (Å²) in [7, 11) is 0. The smallest absolute Gasteiger partial charge is 0.241 e. The number of hydrogen-bond acceptors (Lipinski definition) is 4. The number of amides is 2. The van der Waals surface area contributed by atoms with Crippen molar-refractivity contribution in [1.29, 1.82) is 0 Å². The number of hydrazine groups is 1. The highest BCUT2D eigenvalue weighted by molar-refractivity contribution is 5.83. The van der Waals surface area contributed by atoms with E-state index in [9.17, 15) is 9.59 Å². The molecule has 94 valence electrons. The molecule has 0 aromatic heterocycles. The Hall–Kier alpha value is -2.21. The van der Waals surface area contributed by atoms with Gasteiger partial charge in [0.05, 0.1) is 6.21 Å². The maximum absolute atomic E-state index is 11.5. The molecule has 1 aliphatic rings. The van der Waals surface area contributed by atoms with Gasteiger partial charge in [0.2, 0.25) is 11.8 Å². The van der Waals surface area contributed by atoms with Crippen LogP contribution < -0.4 is 16.3 Å². The second-order valence-corrected chi connectivity index (χ2v) is 4.00. The largest absolute Gasteiger partial charge is 0.291 e. The molecule has 3 N–H and O–H groups in total. The number of nitrogens with one attached hydrogen (secondary N) is 3. The van der Waals surface area contributed by atoms with Crippen molar-refractivity contribution in [3.8, 4) is 0 Å². The Bertz CT molecular complexity index is 458. The number of hydrogen-bond donors (Lipinski definition) is 3. The molecule has 1 saturated heterocycles. The molecule has 1 fully saturated rings. The van der Waals surface area contributed by atoms with Crippen LogP contribution in [-0.2, 0) is 9.59 Å². The minimum Gasteiger partial charge on any atom is -0.291 e. The van der Waals surface area contributed by atoms with Gasteiger partial charge in [-0.2, -0.15) is 5.10 Å². The minimum atomic E-state index is -0.226. The summed E-state index contributed by atoms with van der Waals surface area (Å²) >= 11 is 0. The van der Waals surface area contributed by atoms with Crippen LogP contribution in [0.2, 0.25) is 0 Å². The van der Waals surface area contributed by atoms with Crippen LogP contribution in [0.15, 0.2) is 35.4 Å². The molecule has 2 rings (SSSR count). The van der Waals surface area contributed by atoms with E-state index in [0.29, 0.717) is 6.42 Å². The highest BCUT2D eigenvalue weighted by Crippen LogP contribution is 2.02. The van der Waals surface area contributed by atoms with Crippen LogP contribution in [0, 0.1) is 0 Å². The van der Waals surface area contributed by atoms with Gasteiger partial charge in [0, 0.05) is 18.9 Å². The maximum atomic E-state index is 11.5. The summed E-state index contributed by atoms with van der Waals surface area (Å²) in [5.74, 6) is -0.322. The first-order valence-corrected chi connectivity index (χ1v) is 5.65. The normalized spacial score (nSPS) is 18.9. The van der Waals surface area contributed by atoms with E-state index in [4.69, 9.17) is 0 Å². The Balaban J connectivity index is 1.75. The Morgan fingerprint density at radius 3 is 2.89 bits per heavy atom. The first-order valence-electron chi connectivity index (χ1n) is 5.65. The number of hydrazone groups is 1. The Kier molecular flexibility index (Phi) is 4.03. The summed E-state index contributed by atoms with van der Waals surface area (Å²) in [6, 6.07) is 9.30. The molecule has 1 aliphatic heterocycles. The van der Waals surface area contributed by atoms with Gasteiger partial charge >= 0.3 is 0 Å². The molecule has 0 bridgehead atoms. The topological polar surface area (TPSA) is 82.6 Å². The van der Waals surface area contributed by atoms with E-state index in [2.05, 4.69) is 21.4 Å². The predicted molar refractivity (Wildman–Crippen MR) is 66.5 cm³/mol. The number of benzene rings is 1. The van der Waals surface area contributed by atoms with Gasteiger partial charge in [-0.05, 0) is 5.56 Å². The molecule has 1 atom stereocenters. The first kappa shape index (κ1) is 12.3. The first-order chi connectivity index (χ1) is 8.74. The molecule has 6 heteroatoms. The fourth-order valence-corrected chi connectivity index (χ4v) is 1.62. The number of rotatable bonds is 4. The molecule has 1 heterocycles. The highest BCUT2D eigenvalue weighted by atomic mass is 16.2.